The molecule has 1 N–H and O–H groups in total. The average Bonchev–Trinajstić information content (AvgIpc) is 3.31. The van der Waals surface area contributed by atoms with Gasteiger partial charge in [-0.2, -0.15) is 18.3 Å². The summed E-state index contributed by atoms with van der Waals surface area (Å²) in [7, 11) is 0. The second kappa shape index (κ2) is 10.1. The van der Waals surface area contributed by atoms with Gasteiger partial charge in [-0.05, 0) is 55.9 Å². The second-order valence-electron chi connectivity index (χ2n) is 9.58. The fourth-order valence-corrected chi connectivity index (χ4v) is 5.16. The lowest BCUT2D eigenvalue weighted by Crippen LogP contribution is -2.36. The predicted octanol–water partition coefficient (Wildman–Crippen LogP) is 5.68. The first-order valence-electron chi connectivity index (χ1n) is 12.5. The second-order valence-corrected chi connectivity index (χ2v) is 9.58. The number of nitrogens with one attached hydrogen (secondary N) is 1. The molecule has 5 rings (SSSR count). The van der Waals surface area contributed by atoms with E-state index in [2.05, 4.69) is 22.1 Å². The molecule has 1 aliphatic carbocycles. The van der Waals surface area contributed by atoms with E-state index in [0.29, 0.717) is 38.0 Å². The third kappa shape index (κ3) is 5.18. The Hall–Kier alpha value is -3.14. The van der Waals surface area contributed by atoms with Crippen LogP contribution >= 0.6 is 0 Å². The fourth-order valence-electron chi connectivity index (χ4n) is 5.16. The minimum Gasteiger partial charge on any atom is -0.378 e. The lowest BCUT2D eigenvalue weighted by Gasteiger charge is -2.30. The van der Waals surface area contributed by atoms with Gasteiger partial charge >= 0.3 is 6.18 Å². The molecule has 7 nitrogen and oxygen atoms in total. The number of alkyl halides is 3. The smallest absolute Gasteiger partial charge is 0.378 e. The van der Waals surface area contributed by atoms with Crippen molar-refractivity contribution in [2.24, 2.45) is 5.92 Å². The molecule has 2 aliphatic rings. The van der Waals surface area contributed by atoms with Gasteiger partial charge in [0.2, 0.25) is 0 Å². The van der Waals surface area contributed by atoms with Crippen molar-refractivity contribution in [3.05, 3.63) is 47.9 Å². The van der Waals surface area contributed by atoms with Crippen LogP contribution < -0.4 is 10.2 Å². The van der Waals surface area contributed by atoms with E-state index >= 15 is 0 Å². The highest BCUT2D eigenvalue weighted by Gasteiger charge is 2.33. The number of fused-ring (bicyclic) bond motifs is 1. The molecule has 2 fully saturated rings. The zero-order valence-corrected chi connectivity index (χ0v) is 20.2. The van der Waals surface area contributed by atoms with E-state index in [0.717, 1.165) is 41.4 Å². The molecule has 2 aromatic heterocycles. The van der Waals surface area contributed by atoms with Crippen molar-refractivity contribution in [1.82, 2.24) is 14.8 Å². The molecule has 3 aromatic rings. The van der Waals surface area contributed by atoms with Crippen LogP contribution in [0.5, 0.6) is 0 Å². The van der Waals surface area contributed by atoms with Crippen LogP contribution in [0.25, 0.3) is 10.9 Å². The molecule has 3 heterocycles. The molecule has 1 amide bonds. The van der Waals surface area contributed by atoms with Gasteiger partial charge in [-0.3, -0.25) is 9.48 Å². The van der Waals surface area contributed by atoms with E-state index in [4.69, 9.17) is 9.84 Å². The minimum atomic E-state index is -4.63. The van der Waals surface area contributed by atoms with Gasteiger partial charge < -0.3 is 15.0 Å². The van der Waals surface area contributed by atoms with Crippen LogP contribution in [0, 0.1) is 5.92 Å². The lowest BCUT2D eigenvalue weighted by atomic mass is 9.85. The summed E-state index contributed by atoms with van der Waals surface area (Å²) >= 11 is 0. The standard InChI is InChI=1S/C26H30F3N5O2/c1-2-17-6-8-19(9-7-17)34-16-18-14-22(23(15-21(18)32-34)33-10-12-36-13-11-33)31-25(35)20-4-3-5-24(30-20)26(27,28)29/h3-5,14-17,19H,2,6-13H2,1H3,(H,31,35). The number of morpholine rings is 1. The molecule has 0 radical (unpaired) electrons. The first kappa shape index (κ1) is 24.5. The Morgan fingerprint density at radius 3 is 2.58 bits per heavy atom. The Labute approximate surface area is 207 Å². The quantitative estimate of drug-likeness (QED) is 0.487. The number of pyridine rings is 1. The first-order valence-corrected chi connectivity index (χ1v) is 12.5. The van der Waals surface area contributed by atoms with E-state index in [1.807, 2.05) is 23.0 Å². The molecule has 1 aromatic carbocycles. The summed E-state index contributed by atoms with van der Waals surface area (Å²) in [4.78, 5) is 18.6. The zero-order valence-electron chi connectivity index (χ0n) is 20.2. The number of nitrogens with zero attached hydrogens (tertiary/aromatic N) is 4. The molecular weight excluding hydrogens is 471 g/mol. The fraction of sp³-hybridized carbons (Fsp3) is 0.500. The van der Waals surface area contributed by atoms with Gasteiger partial charge in [-0.1, -0.05) is 19.4 Å². The van der Waals surface area contributed by atoms with Gasteiger partial charge in [0.15, 0.2) is 0 Å². The molecule has 192 valence electrons. The van der Waals surface area contributed by atoms with Crippen molar-refractivity contribution >= 4 is 28.2 Å². The van der Waals surface area contributed by atoms with E-state index in [1.54, 1.807) is 0 Å². The van der Waals surface area contributed by atoms with Crippen LogP contribution in [0.4, 0.5) is 24.5 Å². The number of aromatic nitrogens is 3. The predicted molar refractivity (Wildman–Crippen MR) is 131 cm³/mol. The largest absolute Gasteiger partial charge is 0.433 e. The number of amides is 1. The monoisotopic (exact) mass is 501 g/mol. The summed E-state index contributed by atoms with van der Waals surface area (Å²) in [6.07, 6.45) is 3.16. The van der Waals surface area contributed by atoms with Crippen molar-refractivity contribution < 1.29 is 22.7 Å². The number of hydrogen-bond donors (Lipinski definition) is 1. The minimum absolute atomic E-state index is 0.291. The van der Waals surface area contributed by atoms with Crippen molar-refractivity contribution in [2.75, 3.05) is 36.5 Å². The number of hydrogen-bond acceptors (Lipinski definition) is 5. The molecule has 1 aliphatic heterocycles. The molecule has 1 saturated heterocycles. The van der Waals surface area contributed by atoms with E-state index in [1.165, 1.54) is 31.4 Å². The topological polar surface area (TPSA) is 72.3 Å². The summed E-state index contributed by atoms with van der Waals surface area (Å²) in [5.74, 6) is 0.0886. The third-order valence-corrected chi connectivity index (χ3v) is 7.28. The third-order valence-electron chi connectivity index (χ3n) is 7.28. The number of carbonyl (C=O) groups excluding carboxylic acids is 1. The maximum Gasteiger partial charge on any atom is 0.433 e. The normalized spacial score (nSPS) is 21.1. The van der Waals surface area contributed by atoms with Crippen molar-refractivity contribution in [1.29, 1.82) is 0 Å². The van der Waals surface area contributed by atoms with Gasteiger partial charge in [0.05, 0.1) is 36.1 Å². The van der Waals surface area contributed by atoms with Crippen LogP contribution in [0.3, 0.4) is 0 Å². The molecule has 10 heteroatoms. The van der Waals surface area contributed by atoms with Gasteiger partial charge in [0.1, 0.15) is 11.4 Å². The van der Waals surface area contributed by atoms with Crippen LogP contribution in [-0.4, -0.2) is 47.0 Å². The van der Waals surface area contributed by atoms with Gasteiger partial charge in [-0.15, -0.1) is 0 Å². The maximum absolute atomic E-state index is 13.1. The van der Waals surface area contributed by atoms with Crippen molar-refractivity contribution in [3.63, 3.8) is 0 Å². The maximum atomic E-state index is 13.1. The first-order chi connectivity index (χ1) is 17.3. The summed E-state index contributed by atoms with van der Waals surface area (Å²) < 4.78 is 46.9. The van der Waals surface area contributed by atoms with Crippen LogP contribution in [0.2, 0.25) is 0 Å². The molecule has 0 unspecified atom stereocenters. The molecule has 36 heavy (non-hydrogen) atoms. The number of benzene rings is 1. The molecular formula is C26H30F3N5O2. The van der Waals surface area contributed by atoms with Gasteiger partial charge in [0.25, 0.3) is 5.91 Å². The molecule has 0 atom stereocenters. The highest BCUT2D eigenvalue weighted by molar-refractivity contribution is 6.06. The molecule has 0 spiro atoms. The van der Waals surface area contributed by atoms with E-state index < -0.39 is 17.8 Å². The Kier molecular flexibility index (Phi) is 6.87. The Morgan fingerprint density at radius 1 is 1.14 bits per heavy atom. The van der Waals surface area contributed by atoms with E-state index in [-0.39, 0.29) is 5.69 Å². The van der Waals surface area contributed by atoms with Gasteiger partial charge in [0, 0.05) is 24.7 Å². The molecule has 1 saturated carbocycles. The summed E-state index contributed by atoms with van der Waals surface area (Å²) in [5, 5.41) is 8.55. The Balaban J connectivity index is 1.46. The molecule has 0 bridgehead atoms. The number of ether oxygens (including phenoxy) is 1. The van der Waals surface area contributed by atoms with Crippen molar-refractivity contribution in [2.45, 2.75) is 51.2 Å². The van der Waals surface area contributed by atoms with Crippen LogP contribution in [0.1, 0.15) is 61.3 Å². The average molecular weight is 502 g/mol. The summed E-state index contributed by atoms with van der Waals surface area (Å²) in [5.41, 5.74) is 0.720. The van der Waals surface area contributed by atoms with Crippen LogP contribution in [0.15, 0.2) is 36.5 Å². The highest BCUT2D eigenvalue weighted by Crippen LogP contribution is 2.36. The summed E-state index contributed by atoms with van der Waals surface area (Å²) in [6.45, 7) is 4.62. The Morgan fingerprint density at radius 2 is 1.89 bits per heavy atom. The zero-order chi connectivity index (χ0) is 25.3. The van der Waals surface area contributed by atoms with Crippen molar-refractivity contribution in [3.8, 4) is 0 Å². The number of rotatable bonds is 5. The number of anilines is 2. The number of carbonyl (C=O) groups is 1. The summed E-state index contributed by atoms with van der Waals surface area (Å²) in [6, 6.07) is 7.47. The highest BCUT2D eigenvalue weighted by atomic mass is 19.4. The van der Waals surface area contributed by atoms with E-state index in [9.17, 15) is 18.0 Å². The Bertz CT molecular complexity index is 1230. The SMILES string of the molecule is CCC1CCC(n2cc3cc(NC(=O)c4cccc(C(F)(F)F)n4)c(N4CCOCC4)cc3n2)CC1. The van der Waals surface area contributed by atoms with Gasteiger partial charge in [-0.25, -0.2) is 4.98 Å². The lowest BCUT2D eigenvalue weighted by molar-refractivity contribution is -0.141. The van der Waals surface area contributed by atoms with Crippen LogP contribution in [-0.2, 0) is 10.9 Å². The number of halogens is 3.